The van der Waals surface area contributed by atoms with Gasteiger partial charge in [-0.3, -0.25) is 0 Å². The third-order valence-electron chi connectivity index (χ3n) is 1.59. The Morgan fingerprint density at radius 3 is 2.29 bits per heavy atom. The quantitative estimate of drug-likeness (QED) is 0.859. The summed E-state index contributed by atoms with van der Waals surface area (Å²) in [7, 11) is 0. The van der Waals surface area contributed by atoms with Crippen molar-refractivity contribution in [3.63, 3.8) is 0 Å². The van der Waals surface area contributed by atoms with Crippen molar-refractivity contribution in [2.45, 2.75) is 12.5 Å². The first-order chi connectivity index (χ1) is 6.02. The topological polar surface area (TPSA) is 26.0 Å². The fourth-order valence-electron chi connectivity index (χ4n) is 0.906. The van der Waals surface area contributed by atoms with Gasteiger partial charge in [-0.15, -0.1) is 12.4 Å². The average Bonchev–Trinajstić information content (AvgIpc) is 2.08. The fourth-order valence-corrected chi connectivity index (χ4v) is 1.80. The molecule has 1 aromatic rings. The van der Waals surface area contributed by atoms with E-state index in [9.17, 15) is 8.78 Å². The molecular weight excluding hydrogens is 343 g/mol. The summed E-state index contributed by atoms with van der Waals surface area (Å²) < 4.78 is 25.9. The second-order valence-corrected chi connectivity index (χ2v) is 4.30. The molecule has 2 N–H and O–H groups in total. The van der Waals surface area contributed by atoms with Crippen LogP contribution in [0, 0.1) is 0 Å². The van der Waals surface area contributed by atoms with Gasteiger partial charge in [0.15, 0.2) is 0 Å². The predicted molar refractivity (Wildman–Crippen MR) is 62.0 cm³/mol. The lowest BCUT2D eigenvalue weighted by Gasteiger charge is -2.12. The molecule has 1 aromatic carbocycles. The maximum atomic E-state index is 12.3. The number of rotatable bonds is 2. The lowest BCUT2D eigenvalue weighted by molar-refractivity contribution is 0.116. The molecule has 0 aliphatic carbocycles. The molecule has 0 aliphatic heterocycles. The van der Waals surface area contributed by atoms with Crippen LogP contribution in [0.4, 0.5) is 8.78 Å². The Bertz CT molecular complexity index is 309. The van der Waals surface area contributed by atoms with E-state index >= 15 is 0 Å². The summed E-state index contributed by atoms with van der Waals surface area (Å²) >= 11 is 6.36. The molecule has 0 heterocycles. The van der Waals surface area contributed by atoms with Gasteiger partial charge in [-0.2, -0.15) is 0 Å². The average molecular weight is 351 g/mol. The summed E-state index contributed by atoms with van der Waals surface area (Å²) in [6.07, 6.45) is -2.55. The van der Waals surface area contributed by atoms with Crippen molar-refractivity contribution in [3.05, 3.63) is 32.7 Å². The summed E-state index contributed by atoms with van der Waals surface area (Å²) in [5, 5.41) is 0. The van der Waals surface area contributed by atoms with Crippen LogP contribution in [0.1, 0.15) is 11.6 Å². The van der Waals surface area contributed by atoms with Gasteiger partial charge in [-0.1, -0.05) is 31.9 Å². The van der Waals surface area contributed by atoms with Crippen molar-refractivity contribution in [1.29, 1.82) is 0 Å². The Kier molecular flexibility index (Phi) is 6.12. The molecule has 0 unspecified atom stereocenters. The lowest BCUT2D eigenvalue weighted by Crippen LogP contribution is -2.19. The molecule has 0 spiro atoms. The summed E-state index contributed by atoms with van der Waals surface area (Å²) in [6.45, 7) is 0. The zero-order valence-electron chi connectivity index (χ0n) is 6.88. The number of hydrogen-bond donors (Lipinski definition) is 1. The number of alkyl halides is 2. The highest BCUT2D eigenvalue weighted by atomic mass is 79.9. The molecule has 1 atom stereocenters. The van der Waals surface area contributed by atoms with Crippen molar-refractivity contribution < 1.29 is 8.78 Å². The van der Waals surface area contributed by atoms with Crippen LogP contribution < -0.4 is 5.73 Å². The van der Waals surface area contributed by atoms with Gasteiger partial charge in [0, 0.05) is 8.95 Å². The van der Waals surface area contributed by atoms with Gasteiger partial charge in [0.2, 0.25) is 0 Å². The van der Waals surface area contributed by atoms with Crippen molar-refractivity contribution in [3.8, 4) is 0 Å². The SMILES string of the molecule is Cl.N[C@H](c1cc(Br)ccc1Br)C(F)F. The highest BCUT2D eigenvalue weighted by Crippen LogP contribution is 2.28. The van der Waals surface area contributed by atoms with Gasteiger partial charge in [-0.05, 0) is 23.8 Å². The van der Waals surface area contributed by atoms with Crippen LogP contribution >= 0.6 is 44.3 Å². The molecule has 0 amide bonds. The Hall–Kier alpha value is 0.290. The van der Waals surface area contributed by atoms with Gasteiger partial charge in [0.25, 0.3) is 6.43 Å². The highest BCUT2D eigenvalue weighted by Gasteiger charge is 2.19. The van der Waals surface area contributed by atoms with Gasteiger partial charge in [0.05, 0.1) is 6.04 Å². The van der Waals surface area contributed by atoms with E-state index in [0.29, 0.717) is 10.0 Å². The maximum Gasteiger partial charge on any atom is 0.257 e. The first kappa shape index (κ1) is 14.3. The molecule has 0 radical (unpaired) electrons. The Balaban J connectivity index is 0.00000169. The third-order valence-corrected chi connectivity index (χ3v) is 2.80. The van der Waals surface area contributed by atoms with Gasteiger partial charge in [0.1, 0.15) is 0 Å². The van der Waals surface area contributed by atoms with E-state index in [-0.39, 0.29) is 12.4 Å². The molecule has 0 saturated heterocycles. The van der Waals surface area contributed by atoms with Crippen LogP contribution in [0.3, 0.4) is 0 Å². The molecule has 0 fully saturated rings. The zero-order valence-corrected chi connectivity index (χ0v) is 10.9. The number of nitrogens with two attached hydrogens (primary N) is 1. The van der Waals surface area contributed by atoms with Crippen LogP contribution in [-0.2, 0) is 0 Å². The van der Waals surface area contributed by atoms with Crippen molar-refractivity contribution in [2.75, 3.05) is 0 Å². The summed E-state index contributed by atoms with van der Waals surface area (Å²) in [6, 6.07) is 3.78. The monoisotopic (exact) mass is 349 g/mol. The van der Waals surface area contributed by atoms with Crippen molar-refractivity contribution in [1.82, 2.24) is 0 Å². The van der Waals surface area contributed by atoms with E-state index in [0.717, 1.165) is 4.47 Å². The lowest BCUT2D eigenvalue weighted by atomic mass is 10.1. The predicted octanol–water partition coefficient (Wildman–Crippen LogP) is 3.90. The minimum absolute atomic E-state index is 0. The van der Waals surface area contributed by atoms with E-state index in [2.05, 4.69) is 31.9 Å². The molecular formula is C8H8Br2ClF2N. The zero-order chi connectivity index (χ0) is 10.0. The van der Waals surface area contributed by atoms with Crippen LogP contribution in [0.2, 0.25) is 0 Å². The molecule has 14 heavy (non-hydrogen) atoms. The standard InChI is InChI=1S/C8H7Br2F2N.ClH/c9-4-1-2-6(10)5(3-4)7(13)8(11)12;/h1-3,7-8H,13H2;1H/t7-;/m1./s1. The number of benzene rings is 1. The van der Waals surface area contributed by atoms with Gasteiger partial charge in [-0.25, -0.2) is 8.78 Å². The van der Waals surface area contributed by atoms with Crippen LogP contribution in [0.25, 0.3) is 0 Å². The normalized spacial score (nSPS) is 12.4. The minimum Gasteiger partial charge on any atom is -0.319 e. The van der Waals surface area contributed by atoms with Gasteiger partial charge < -0.3 is 5.73 Å². The minimum atomic E-state index is -2.55. The van der Waals surface area contributed by atoms with Crippen LogP contribution in [0.5, 0.6) is 0 Å². The first-order valence-corrected chi connectivity index (χ1v) is 5.09. The molecule has 80 valence electrons. The second kappa shape index (κ2) is 6.00. The fraction of sp³-hybridized carbons (Fsp3) is 0.250. The Morgan fingerprint density at radius 2 is 1.79 bits per heavy atom. The van der Waals surface area contributed by atoms with E-state index < -0.39 is 12.5 Å². The van der Waals surface area contributed by atoms with E-state index in [1.807, 2.05) is 0 Å². The molecule has 1 rings (SSSR count). The molecule has 0 aromatic heterocycles. The highest BCUT2D eigenvalue weighted by molar-refractivity contribution is 9.11. The largest absolute Gasteiger partial charge is 0.319 e. The third kappa shape index (κ3) is 3.46. The number of halogens is 5. The first-order valence-electron chi connectivity index (χ1n) is 3.51. The van der Waals surface area contributed by atoms with E-state index in [1.165, 1.54) is 0 Å². The molecule has 0 saturated carbocycles. The smallest absolute Gasteiger partial charge is 0.257 e. The van der Waals surface area contributed by atoms with Crippen molar-refractivity contribution in [2.24, 2.45) is 5.73 Å². The molecule has 0 aliphatic rings. The Morgan fingerprint density at radius 1 is 1.21 bits per heavy atom. The van der Waals surface area contributed by atoms with Gasteiger partial charge >= 0.3 is 0 Å². The summed E-state index contributed by atoms with van der Waals surface area (Å²) in [5.41, 5.74) is 5.71. The molecule has 1 nitrogen and oxygen atoms in total. The van der Waals surface area contributed by atoms with E-state index in [4.69, 9.17) is 5.73 Å². The van der Waals surface area contributed by atoms with Crippen LogP contribution in [0.15, 0.2) is 27.1 Å². The maximum absolute atomic E-state index is 12.3. The Labute approximate surface area is 104 Å². The van der Waals surface area contributed by atoms with E-state index in [1.54, 1.807) is 18.2 Å². The van der Waals surface area contributed by atoms with Crippen molar-refractivity contribution >= 4 is 44.3 Å². The number of hydrogen-bond acceptors (Lipinski definition) is 1. The summed E-state index contributed by atoms with van der Waals surface area (Å²) in [5.74, 6) is 0. The van der Waals surface area contributed by atoms with Crippen LogP contribution in [-0.4, -0.2) is 6.43 Å². The second-order valence-electron chi connectivity index (χ2n) is 2.53. The molecule has 0 bridgehead atoms. The summed E-state index contributed by atoms with van der Waals surface area (Å²) in [4.78, 5) is 0. The molecule has 6 heteroatoms.